The summed E-state index contributed by atoms with van der Waals surface area (Å²) in [6.45, 7) is 1.77. The van der Waals surface area contributed by atoms with E-state index in [-0.39, 0.29) is 17.7 Å². The molecule has 9 heteroatoms. The fourth-order valence-corrected chi connectivity index (χ4v) is 4.82. The second-order valence-corrected chi connectivity index (χ2v) is 8.35. The van der Waals surface area contributed by atoms with Crippen molar-refractivity contribution in [2.45, 2.75) is 6.92 Å². The van der Waals surface area contributed by atoms with Crippen LogP contribution in [-0.4, -0.2) is 25.5 Å². The third-order valence-corrected chi connectivity index (χ3v) is 6.49. The highest BCUT2D eigenvalue weighted by Gasteiger charge is 2.19. The van der Waals surface area contributed by atoms with Gasteiger partial charge in [-0.1, -0.05) is 30.3 Å². The van der Waals surface area contributed by atoms with Crippen LogP contribution < -0.4 is 5.32 Å². The minimum absolute atomic E-state index is 0.236. The van der Waals surface area contributed by atoms with Crippen molar-refractivity contribution in [3.05, 3.63) is 76.4 Å². The minimum atomic E-state index is -0.321. The zero-order valence-corrected chi connectivity index (χ0v) is 17.3. The summed E-state index contributed by atoms with van der Waals surface area (Å²) in [7, 11) is 0. The van der Waals surface area contributed by atoms with Crippen LogP contribution in [0.1, 0.15) is 15.4 Å². The van der Waals surface area contributed by atoms with Gasteiger partial charge in [-0.2, -0.15) is 4.98 Å². The van der Waals surface area contributed by atoms with Crippen LogP contribution in [0, 0.1) is 12.7 Å². The maximum atomic E-state index is 13.2. The molecule has 0 aliphatic carbocycles. The molecule has 5 rings (SSSR count). The monoisotopic (exact) mass is 435 g/mol. The van der Waals surface area contributed by atoms with E-state index in [1.807, 2.05) is 35.7 Å². The number of carbonyl (C=O) groups is 1. The molecule has 6 nitrogen and oxygen atoms in total. The van der Waals surface area contributed by atoms with Crippen LogP contribution in [0.3, 0.4) is 0 Å². The molecule has 0 atom stereocenters. The number of halogens is 1. The number of benzene rings is 2. The quantitative estimate of drug-likeness (QED) is 0.417. The third kappa shape index (κ3) is 3.38. The lowest BCUT2D eigenvalue weighted by Gasteiger charge is -1.99. The molecule has 3 aromatic heterocycles. The first kappa shape index (κ1) is 18.6. The zero-order chi connectivity index (χ0) is 20.7. The van der Waals surface area contributed by atoms with Gasteiger partial charge in [-0.25, -0.2) is 13.9 Å². The van der Waals surface area contributed by atoms with Gasteiger partial charge in [-0.15, -0.1) is 27.8 Å². The normalized spacial score (nSPS) is 11.1. The number of hydrogen-bond acceptors (Lipinski definition) is 6. The number of aryl methyl sites for hydroxylation is 1. The third-order valence-electron chi connectivity index (χ3n) is 4.47. The van der Waals surface area contributed by atoms with Gasteiger partial charge in [-0.3, -0.25) is 10.1 Å². The van der Waals surface area contributed by atoms with Crippen molar-refractivity contribution in [2.24, 2.45) is 0 Å². The first-order chi connectivity index (χ1) is 14.6. The summed E-state index contributed by atoms with van der Waals surface area (Å²) in [6, 6.07) is 15.9. The van der Waals surface area contributed by atoms with Gasteiger partial charge in [0.15, 0.2) is 0 Å². The largest absolute Gasteiger partial charge is 0.288 e. The number of fused-ring (bicyclic) bond motifs is 1. The van der Waals surface area contributed by atoms with Gasteiger partial charge in [0.1, 0.15) is 15.7 Å². The molecule has 0 saturated carbocycles. The Morgan fingerprint density at radius 1 is 1.03 bits per heavy atom. The second kappa shape index (κ2) is 7.43. The number of hydrogen-bond donors (Lipinski definition) is 1. The average Bonchev–Trinajstić information content (AvgIpc) is 3.43. The smallest absolute Gasteiger partial charge is 0.270 e. The van der Waals surface area contributed by atoms with E-state index in [1.54, 1.807) is 23.6 Å². The molecule has 0 spiro atoms. The molecule has 0 unspecified atom stereocenters. The van der Waals surface area contributed by atoms with E-state index in [2.05, 4.69) is 20.4 Å². The molecule has 30 heavy (non-hydrogen) atoms. The lowest BCUT2D eigenvalue weighted by Crippen LogP contribution is -2.12. The number of carbonyl (C=O) groups excluding carboxylic acids is 1. The van der Waals surface area contributed by atoms with E-state index < -0.39 is 0 Å². The molecule has 0 aliphatic rings. The Bertz CT molecular complexity index is 1360. The molecule has 3 heterocycles. The molecule has 1 amide bonds. The van der Waals surface area contributed by atoms with Crippen molar-refractivity contribution in [2.75, 3.05) is 5.32 Å². The number of anilines is 1. The van der Waals surface area contributed by atoms with Crippen LogP contribution in [0.15, 0.2) is 60.0 Å². The molecule has 0 saturated heterocycles. The SMILES string of the molecule is Cc1nc(-c2ccc(F)cc2)sc1C(=O)Nc1nc2scc(-c3ccccc3)n2n1. The number of rotatable bonds is 4. The Hall–Kier alpha value is -3.43. The standard InChI is InChI=1S/C21H14FN5OS2/c1-12-17(30-19(23-12)14-7-9-15(22)10-8-14)18(28)24-20-25-21-27(26-20)16(11-29-21)13-5-3-2-4-6-13/h2-11H,1H3,(H,24,26,28). The highest BCUT2D eigenvalue weighted by molar-refractivity contribution is 7.17. The summed E-state index contributed by atoms with van der Waals surface area (Å²) in [4.78, 5) is 22.8. The molecule has 0 radical (unpaired) electrons. The highest BCUT2D eigenvalue weighted by Crippen LogP contribution is 2.29. The number of amides is 1. The van der Waals surface area contributed by atoms with Gasteiger partial charge < -0.3 is 0 Å². The maximum Gasteiger partial charge on any atom is 0.270 e. The van der Waals surface area contributed by atoms with Crippen molar-refractivity contribution in [3.63, 3.8) is 0 Å². The van der Waals surface area contributed by atoms with Gasteiger partial charge in [0.2, 0.25) is 4.96 Å². The van der Waals surface area contributed by atoms with Crippen LogP contribution >= 0.6 is 22.7 Å². The van der Waals surface area contributed by atoms with Crippen molar-refractivity contribution >= 4 is 39.5 Å². The lowest BCUT2D eigenvalue weighted by molar-refractivity contribution is 0.102. The van der Waals surface area contributed by atoms with Crippen molar-refractivity contribution in [3.8, 4) is 21.8 Å². The predicted octanol–water partition coefficient (Wildman–Crippen LogP) is 5.28. The van der Waals surface area contributed by atoms with Crippen molar-refractivity contribution in [1.82, 2.24) is 19.6 Å². The first-order valence-corrected chi connectivity index (χ1v) is 10.7. The lowest BCUT2D eigenvalue weighted by atomic mass is 10.2. The fourth-order valence-electron chi connectivity index (χ4n) is 3.02. The van der Waals surface area contributed by atoms with Crippen LogP contribution in [0.5, 0.6) is 0 Å². The van der Waals surface area contributed by atoms with Crippen LogP contribution in [0.25, 0.3) is 26.8 Å². The Labute approximate surface area is 178 Å². The molecular weight excluding hydrogens is 421 g/mol. The van der Waals surface area contributed by atoms with Crippen LogP contribution in [0.4, 0.5) is 10.3 Å². The van der Waals surface area contributed by atoms with Gasteiger partial charge in [0.25, 0.3) is 11.9 Å². The van der Waals surface area contributed by atoms with Crippen LogP contribution in [-0.2, 0) is 0 Å². The van der Waals surface area contributed by atoms with Gasteiger partial charge in [0, 0.05) is 16.5 Å². The van der Waals surface area contributed by atoms with Crippen LogP contribution in [0.2, 0.25) is 0 Å². The molecular formula is C21H14FN5OS2. The zero-order valence-electron chi connectivity index (χ0n) is 15.7. The summed E-state index contributed by atoms with van der Waals surface area (Å²) in [5, 5.41) is 9.85. The Morgan fingerprint density at radius 3 is 2.57 bits per heavy atom. The Morgan fingerprint density at radius 2 is 1.80 bits per heavy atom. The summed E-state index contributed by atoms with van der Waals surface area (Å²) >= 11 is 2.71. The summed E-state index contributed by atoms with van der Waals surface area (Å²) in [5.41, 5.74) is 3.30. The molecule has 0 bridgehead atoms. The molecule has 0 aliphatic heterocycles. The number of nitrogens with one attached hydrogen (secondary N) is 1. The first-order valence-electron chi connectivity index (χ1n) is 9.03. The average molecular weight is 436 g/mol. The summed E-state index contributed by atoms with van der Waals surface area (Å²) in [6.07, 6.45) is 0. The van der Waals surface area contributed by atoms with E-state index in [9.17, 15) is 9.18 Å². The maximum absolute atomic E-state index is 13.2. The van der Waals surface area contributed by atoms with E-state index in [0.29, 0.717) is 20.5 Å². The highest BCUT2D eigenvalue weighted by atomic mass is 32.1. The van der Waals surface area contributed by atoms with Gasteiger partial charge in [0.05, 0.1) is 11.4 Å². The van der Waals surface area contributed by atoms with E-state index in [0.717, 1.165) is 16.8 Å². The second-order valence-electron chi connectivity index (χ2n) is 6.51. The molecule has 2 aromatic carbocycles. The minimum Gasteiger partial charge on any atom is -0.288 e. The Kier molecular flexibility index (Phi) is 4.61. The molecule has 5 aromatic rings. The number of nitrogens with zero attached hydrogens (tertiary/aromatic N) is 4. The summed E-state index contributed by atoms with van der Waals surface area (Å²) < 4.78 is 14.9. The van der Waals surface area contributed by atoms with E-state index in [1.165, 1.54) is 34.8 Å². The fraction of sp³-hybridized carbons (Fsp3) is 0.0476. The Balaban J connectivity index is 1.41. The number of thiazole rings is 2. The van der Waals surface area contributed by atoms with Gasteiger partial charge >= 0.3 is 0 Å². The van der Waals surface area contributed by atoms with E-state index in [4.69, 9.17) is 0 Å². The topological polar surface area (TPSA) is 72.2 Å². The van der Waals surface area contributed by atoms with Crippen molar-refractivity contribution < 1.29 is 9.18 Å². The molecule has 148 valence electrons. The predicted molar refractivity (Wildman–Crippen MR) is 116 cm³/mol. The van der Waals surface area contributed by atoms with Crippen molar-refractivity contribution in [1.29, 1.82) is 0 Å². The molecule has 0 fully saturated rings. The number of aromatic nitrogens is 4. The van der Waals surface area contributed by atoms with E-state index >= 15 is 0 Å². The molecule has 1 N–H and O–H groups in total. The summed E-state index contributed by atoms with van der Waals surface area (Å²) in [5.74, 6) is -0.399. The van der Waals surface area contributed by atoms with Gasteiger partial charge in [-0.05, 0) is 31.2 Å².